The Hall–Kier alpha value is -2.52. The maximum Gasteiger partial charge on any atom is 0.421 e. The quantitative estimate of drug-likeness (QED) is 0.777. The predicted octanol–water partition coefficient (Wildman–Crippen LogP) is 4.18. The third kappa shape index (κ3) is 2.96. The molecule has 0 radical (unpaired) electrons. The largest absolute Gasteiger partial charge is 0.446 e. The summed E-state index contributed by atoms with van der Waals surface area (Å²) in [5.41, 5.74) is 0.712. The number of nitrogens with zero attached hydrogens (tertiary/aromatic N) is 2. The van der Waals surface area contributed by atoms with Crippen LogP contribution in [-0.4, -0.2) is 29.2 Å². The molecule has 0 unspecified atom stereocenters. The summed E-state index contributed by atoms with van der Waals surface area (Å²) < 4.78 is 18.4. The maximum atomic E-state index is 12.8. The third-order valence-corrected chi connectivity index (χ3v) is 4.27. The second kappa shape index (κ2) is 5.78. The molecule has 1 aliphatic rings. The highest BCUT2D eigenvalue weighted by atomic mass is 16.7. The highest BCUT2D eigenvalue weighted by molar-refractivity contribution is 5.96. The van der Waals surface area contributed by atoms with Gasteiger partial charge in [-0.05, 0) is 26.8 Å². The summed E-state index contributed by atoms with van der Waals surface area (Å²) in [6.07, 6.45) is -0.156. The van der Waals surface area contributed by atoms with Crippen LogP contribution >= 0.6 is 0 Å². The standard InChI is InChI=1S/C19H22N2O4/c1-18(2,3)25-17(22)21-14-9-7-6-8-13(14)15-12(11-20)10-19(4,23-5)24-16(15)21/h6-9,12H,10H2,1-5H3/t12-,19+/m0/s1. The molecule has 2 atom stereocenters. The Morgan fingerprint density at radius 1 is 1.40 bits per heavy atom. The lowest BCUT2D eigenvalue weighted by Gasteiger charge is -2.35. The van der Waals surface area contributed by atoms with Crippen LogP contribution in [0, 0.1) is 11.3 Å². The summed E-state index contributed by atoms with van der Waals surface area (Å²) in [6.45, 7) is 7.18. The number of nitriles is 1. The molecule has 0 bridgehead atoms. The van der Waals surface area contributed by atoms with Crippen molar-refractivity contribution in [2.75, 3.05) is 7.11 Å². The highest BCUT2D eigenvalue weighted by Gasteiger charge is 2.42. The molecule has 0 fully saturated rings. The van der Waals surface area contributed by atoms with Crippen molar-refractivity contribution in [2.45, 2.75) is 51.4 Å². The normalized spacial score (nSPS) is 22.8. The lowest BCUT2D eigenvalue weighted by atomic mass is 9.90. The van der Waals surface area contributed by atoms with Gasteiger partial charge in [-0.2, -0.15) is 5.26 Å². The number of benzene rings is 1. The summed E-state index contributed by atoms with van der Waals surface area (Å²) >= 11 is 0. The molecule has 6 nitrogen and oxygen atoms in total. The topological polar surface area (TPSA) is 73.5 Å². The second-order valence-corrected chi connectivity index (χ2v) is 7.38. The van der Waals surface area contributed by atoms with Crippen LogP contribution in [0.5, 0.6) is 5.88 Å². The fourth-order valence-electron chi connectivity index (χ4n) is 3.12. The lowest BCUT2D eigenvalue weighted by molar-refractivity contribution is -0.165. The van der Waals surface area contributed by atoms with Gasteiger partial charge in [0.05, 0.1) is 17.5 Å². The zero-order chi connectivity index (χ0) is 18.4. The molecule has 0 aliphatic carbocycles. The minimum Gasteiger partial charge on any atom is -0.446 e. The zero-order valence-electron chi connectivity index (χ0n) is 15.1. The minimum atomic E-state index is -0.985. The van der Waals surface area contributed by atoms with Crippen LogP contribution in [0.15, 0.2) is 24.3 Å². The molecule has 25 heavy (non-hydrogen) atoms. The number of ether oxygens (including phenoxy) is 3. The number of hydrogen-bond acceptors (Lipinski definition) is 5. The lowest BCUT2D eigenvalue weighted by Crippen LogP contribution is -2.40. The number of methoxy groups -OCH3 is 1. The van der Waals surface area contributed by atoms with E-state index < -0.39 is 23.4 Å². The van der Waals surface area contributed by atoms with Crippen molar-refractivity contribution in [2.24, 2.45) is 0 Å². The molecular weight excluding hydrogens is 320 g/mol. The molecule has 0 spiro atoms. The molecule has 0 N–H and O–H groups in total. The number of aromatic nitrogens is 1. The Balaban J connectivity index is 2.26. The Kier molecular flexibility index (Phi) is 4.00. The monoisotopic (exact) mass is 342 g/mol. The predicted molar refractivity (Wildman–Crippen MR) is 92.6 cm³/mol. The van der Waals surface area contributed by atoms with Gasteiger partial charge in [0.15, 0.2) is 0 Å². The van der Waals surface area contributed by atoms with E-state index in [1.165, 1.54) is 11.7 Å². The maximum absolute atomic E-state index is 12.8. The first-order chi connectivity index (χ1) is 11.7. The molecule has 1 aliphatic heterocycles. The minimum absolute atomic E-state index is 0.317. The van der Waals surface area contributed by atoms with E-state index in [-0.39, 0.29) is 0 Å². The molecule has 132 valence electrons. The average Bonchev–Trinajstić information content (AvgIpc) is 2.86. The van der Waals surface area contributed by atoms with Gasteiger partial charge >= 0.3 is 6.09 Å². The highest BCUT2D eigenvalue weighted by Crippen LogP contribution is 2.46. The first-order valence-electron chi connectivity index (χ1n) is 8.19. The molecule has 3 rings (SSSR count). The van der Waals surface area contributed by atoms with E-state index in [0.717, 1.165) is 5.39 Å². The second-order valence-electron chi connectivity index (χ2n) is 7.38. The first-order valence-corrected chi connectivity index (χ1v) is 8.19. The van der Waals surface area contributed by atoms with E-state index in [1.807, 2.05) is 24.3 Å². The summed E-state index contributed by atoms with van der Waals surface area (Å²) in [5.74, 6) is -1.11. The first kappa shape index (κ1) is 17.3. The number of carbonyl (C=O) groups excluding carboxylic acids is 1. The van der Waals surface area contributed by atoms with E-state index in [1.54, 1.807) is 27.7 Å². The zero-order valence-corrected chi connectivity index (χ0v) is 15.1. The van der Waals surface area contributed by atoms with E-state index in [0.29, 0.717) is 23.4 Å². The Bertz CT molecular complexity index is 872. The molecule has 0 saturated heterocycles. The van der Waals surface area contributed by atoms with Gasteiger partial charge in [0.1, 0.15) is 5.60 Å². The molecule has 0 saturated carbocycles. The van der Waals surface area contributed by atoms with Crippen LogP contribution in [0.1, 0.15) is 45.6 Å². The van der Waals surface area contributed by atoms with Gasteiger partial charge in [0.25, 0.3) is 0 Å². The van der Waals surface area contributed by atoms with Gasteiger partial charge in [0.2, 0.25) is 11.7 Å². The van der Waals surface area contributed by atoms with Crippen LogP contribution in [-0.2, 0) is 9.47 Å². The smallest absolute Gasteiger partial charge is 0.421 e. The Labute approximate surface area is 146 Å². The van der Waals surface area contributed by atoms with Crippen molar-refractivity contribution in [3.8, 4) is 11.9 Å². The number of rotatable bonds is 1. The van der Waals surface area contributed by atoms with Crippen molar-refractivity contribution >= 4 is 17.0 Å². The third-order valence-electron chi connectivity index (χ3n) is 4.27. The van der Waals surface area contributed by atoms with Gasteiger partial charge in [-0.3, -0.25) is 0 Å². The summed E-state index contributed by atoms with van der Waals surface area (Å²) in [6, 6.07) is 9.74. The van der Waals surface area contributed by atoms with Crippen LogP contribution in [0.25, 0.3) is 10.9 Å². The summed E-state index contributed by atoms with van der Waals surface area (Å²) in [7, 11) is 1.53. The van der Waals surface area contributed by atoms with Gasteiger partial charge in [-0.15, -0.1) is 0 Å². The molecule has 0 amide bonds. The number of para-hydroxylation sites is 1. The Morgan fingerprint density at radius 3 is 2.68 bits per heavy atom. The van der Waals surface area contributed by atoms with Crippen molar-refractivity contribution < 1.29 is 19.0 Å². The van der Waals surface area contributed by atoms with Crippen molar-refractivity contribution in [1.82, 2.24) is 4.57 Å². The fraction of sp³-hybridized carbons (Fsp3) is 0.474. The molecule has 1 aromatic heterocycles. The SMILES string of the molecule is CO[C@@]1(C)C[C@@H](C#N)c2c(n(C(=O)OC(C)(C)C)c3ccccc23)O1. The molecule has 6 heteroatoms. The number of fused-ring (bicyclic) bond motifs is 3. The molecule has 2 heterocycles. The van der Waals surface area contributed by atoms with Gasteiger partial charge in [-0.1, -0.05) is 18.2 Å². The van der Waals surface area contributed by atoms with Gasteiger partial charge in [-0.25, -0.2) is 9.36 Å². The Morgan fingerprint density at radius 2 is 2.08 bits per heavy atom. The van der Waals surface area contributed by atoms with E-state index >= 15 is 0 Å². The average molecular weight is 342 g/mol. The van der Waals surface area contributed by atoms with Crippen molar-refractivity contribution in [3.05, 3.63) is 29.8 Å². The molecule has 2 aromatic rings. The van der Waals surface area contributed by atoms with E-state index in [9.17, 15) is 10.1 Å². The van der Waals surface area contributed by atoms with Crippen molar-refractivity contribution in [1.29, 1.82) is 5.26 Å². The fourth-order valence-corrected chi connectivity index (χ4v) is 3.12. The van der Waals surface area contributed by atoms with Crippen LogP contribution in [0.4, 0.5) is 4.79 Å². The van der Waals surface area contributed by atoms with E-state index in [4.69, 9.17) is 14.2 Å². The molecular formula is C19H22N2O4. The van der Waals surface area contributed by atoms with Gasteiger partial charge in [0, 0.05) is 31.4 Å². The van der Waals surface area contributed by atoms with Crippen LogP contribution in [0.2, 0.25) is 0 Å². The number of carbonyl (C=O) groups is 1. The number of hydrogen-bond donors (Lipinski definition) is 0. The molecule has 1 aromatic carbocycles. The summed E-state index contributed by atoms with van der Waals surface area (Å²) in [4.78, 5) is 12.8. The van der Waals surface area contributed by atoms with Crippen molar-refractivity contribution in [3.63, 3.8) is 0 Å². The van der Waals surface area contributed by atoms with Crippen LogP contribution < -0.4 is 4.74 Å². The van der Waals surface area contributed by atoms with E-state index in [2.05, 4.69) is 6.07 Å². The summed E-state index contributed by atoms with van der Waals surface area (Å²) in [5, 5.41) is 10.5. The van der Waals surface area contributed by atoms with Gasteiger partial charge < -0.3 is 14.2 Å². The van der Waals surface area contributed by atoms with Crippen LogP contribution in [0.3, 0.4) is 0 Å².